The first-order chi connectivity index (χ1) is 17.2. The second-order valence-electron chi connectivity index (χ2n) is 9.91. The molecule has 1 fully saturated rings. The van der Waals surface area contributed by atoms with E-state index in [-0.39, 0.29) is 5.82 Å². The molecule has 0 heterocycles. The maximum absolute atomic E-state index is 15.1. The van der Waals surface area contributed by atoms with Crippen LogP contribution in [-0.2, 0) is 0 Å². The molecule has 0 bridgehead atoms. The molecule has 0 aromatic heterocycles. The van der Waals surface area contributed by atoms with Crippen molar-refractivity contribution in [3.63, 3.8) is 0 Å². The summed E-state index contributed by atoms with van der Waals surface area (Å²) in [6, 6.07) is 22.3. The zero-order chi connectivity index (χ0) is 24.5. The molecule has 0 amide bonds. The number of rotatable bonds is 10. The Bertz CT molecular complexity index is 1070. The minimum atomic E-state index is -0.0450. The zero-order valence-electron chi connectivity index (χ0n) is 21.3. The highest BCUT2D eigenvalue weighted by molar-refractivity contribution is 5.72. The van der Waals surface area contributed by atoms with Crippen molar-refractivity contribution in [1.82, 2.24) is 0 Å². The monoisotopic (exact) mass is 470 g/mol. The second-order valence-corrected chi connectivity index (χ2v) is 9.91. The van der Waals surface area contributed by atoms with Gasteiger partial charge < -0.3 is 4.74 Å². The molecule has 3 aromatic rings. The summed E-state index contributed by atoms with van der Waals surface area (Å²) in [7, 11) is 0. The van der Waals surface area contributed by atoms with Crippen molar-refractivity contribution >= 4 is 12.2 Å². The van der Waals surface area contributed by atoms with Gasteiger partial charge in [-0.2, -0.15) is 0 Å². The predicted octanol–water partition coefficient (Wildman–Crippen LogP) is 9.92. The van der Waals surface area contributed by atoms with Crippen LogP contribution in [0.5, 0.6) is 5.75 Å². The van der Waals surface area contributed by atoms with Crippen LogP contribution in [0.4, 0.5) is 4.39 Å². The minimum Gasteiger partial charge on any atom is -0.494 e. The fourth-order valence-corrected chi connectivity index (χ4v) is 5.30. The normalized spacial score (nSPS) is 18.1. The number of benzene rings is 3. The smallest absolute Gasteiger partial charge is 0.127 e. The SMILES string of the molecule is CCCCCC1CCC(c2ccc(-c3ccc(C=Cc4ccc(OCC)cc4)cc3)cc2F)CC1. The lowest BCUT2D eigenvalue weighted by atomic mass is 9.76. The Kier molecular flexibility index (Phi) is 9.17. The van der Waals surface area contributed by atoms with Gasteiger partial charge in [-0.1, -0.05) is 93.3 Å². The fraction of sp³-hybridized carbons (Fsp3) is 0.394. The lowest BCUT2D eigenvalue weighted by Crippen LogP contribution is -2.14. The highest BCUT2D eigenvalue weighted by atomic mass is 19.1. The minimum absolute atomic E-state index is 0.0450. The van der Waals surface area contributed by atoms with E-state index in [0.29, 0.717) is 12.5 Å². The maximum Gasteiger partial charge on any atom is 0.127 e. The highest BCUT2D eigenvalue weighted by Gasteiger charge is 2.24. The Morgan fingerprint density at radius 2 is 1.40 bits per heavy atom. The molecule has 0 saturated heterocycles. The van der Waals surface area contributed by atoms with E-state index < -0.39 is 0 Å². The summed E-state index contributed by atoms with van der Waals surface area (Å²) in [6.07, 6.45) is 14.3. The summed E-state index contributed by atoms with van der Waals surface area (Å²) in [6.45, 7) is 4.93. The van der Waals surface area contributed by atoms with Gasteiger partial charge >= 0.3 is 0 Å². The first-order valence-corrected chi connectivity index (χ1v) is 13.5. The van der Waals surface area contributed by atoms with Crippen molar-refractivity contribution in [3.8, 4) is 16.9 Å². The van der Waals surface area contributed by atoms with Crippen LogP contribution < -0.4 is 4.74 Å². The van der Waals surface area contributed by atoms with Gasteiger partial charge in [0.2, 0.25) is 0 Å². The molecule has 1 aliphatic carbocycles. The molecule has 3 aromatic carbocycles. The summed E-state index contributed by atoms with van der Waals surface area (Å²) < 4.78 is 20.6. The first-order valence-electron chi connectivity index (χ1n) is 13.5. The number of halogens is 1. The summed E-state index contributed by atoms with van der Waals surface area (Å²) >= 11 is 0. The Morgan fingerprint density at radius 1 is 0.771 bits per heavy atom. The van der Waals surface area contributed by atoms with Crippen LogP contribution >= 0.6 is 0 Å². The van der Waals surface area contributed by atoms with Gasteiger partial charge in [-0.3, -0.25) is 0 Å². The molecule has 1 aliphatic rings. The number of ether oxygens (including phenoxy) is 1. The average molecular weight is 471 g/mol. The predicted molar refractivity (Wildman–Crippen MR) is 147 cm³/mol. The van der Waals surface area contributed by atoms with Crippen LogP contribution in [0.2, 0.25) is 0 Å². The van der Waals surface area contributed by atoms with Gasteiger partial charge in [-0.15, -0.1) is 0 Å². The molecule has 0 spiro atoms. The van der Waals surface area contributed by atoms with E-state index >= 15 is 4.39 Å². The number of unbranched alkanes of at least 4 members (excludes halogenated alkanes) is 2. The van der Waals surface area contributed by atoms with E-state index in [0.717, 1.165) is 52.3 Å². The van der Waals surface area contributed by atoms with Gasteiger partial charge in [0.25, 0.3) is 0 Å². The largest absolute Gasteiger partial charge is 0.494 e. The fourth-order valence-electron chi connectivity index (χ4n) is 5.30. The molecule has 2 heteroatoms. The average Bonchev–Trinajstić information content (AvgIpc) is 2.89. The van der Waals surface area contributed by atoms with Gasteiger partial charge in [-0.25, -0.2) is 4.39 Å². The van der Waals surface area contributed by atoms with Crippen LogP contribution in [0.3, 0.4) is 0 Å². The molecule has 1 nitrogen and oxygen atoms in total. The molecule has 184 valence electrons. The highest BCUT2D eigenvalue weighted by Crippen LogP contribution is 2.39. The van der Waals surface area contributed by atoms with Gasteiger partial charge in [0, 0.05) is 0 Å². The standard InChI is InChI=1S/C33H39FO/c1-3-5-6-7-25-12-18-29(19-13-25)32-23-20-30(24-33(32)34)28-16-10-26(11-17-28)8-9-27-14-21-31(22-15-27)35-4-2/h8-11,14-17,20-25,29H,3-7,12-13,18-19H2,1-2H3. The van der Waals surface area contributed by atoms with Crippen LogP contribution in [0.1, 0.15) is 87.8 Å². The maximum atomic E-state index is 15.1. The van der Waals surface area contributed by atoms with Crippen molar-refractivity contribution < 1.29 is 9.13 Å². The molecule has 1 saturated carbocycles. The lowest BCUT2D eigenvalue weighted by molar-refractivity contribution is 0.299. The van der Waals surface area contributed by atoms with Gasteiger partial charge in [-0.05, 0) is 90.5 Å². The van der Waals surface area contributed by atoms with E-state index in [1.165, 1.54) is 38.5 Å². The summed E-state index contributed by atoms with van der Waals surface area (Å²) in [5.74, 6) is 2.07. The number of hydrogen-bond acceptors (Lipinski definition) is 1. The summed E-state index contributed by atoms with van der Waals surface area (Å²) in [4.78, 5) is 0. The molecule has 0 atom stereocenters. The Hall–Kier alpha value is -2.87. The van der Waals surface area contributed by atoms with Crippen molar-refractivity contribution in [2.24, 2.45) is 5.92 Å². The molecule has 0 N–H and O–H groups in total. The van der Waals surface area contributed by atoms with E-state index in [1.54, 1.807) is 6.07 Å². The third-order valence-electron chi connectivity index (χ3n) is 7.41. The van der Waals surface area contributed by atoms with E-state index in [1.807, 2.05) is 25.1 Å². The third kappa shape index (κ3) is 7.07. The lowest BCUT2D eigenvalue weighted by Gasteiger charge is -2.29. The molecular formula is C33H39FO. The van der Waals surface area contributed by atoms with Crippen LogP contribution in [-0.4, -0.2) is 6.61 Å². The molecule has 35 heavy (non-hydrogen) atoms. The van der Waals surface area contributed by atoms with Crippen molar-refractivity contribution in [3.05, 3.63) is 89.2 Å². The quantitative estimate of drug-likeness (QED) is 0.212. The summed E-state index contributed by atoms with van der Waals surface area (Å²) in [5.41, 5.74) is 5.16. The zero-order valence-corrected chi connectivity index (χ0v) is 21.3. The topological polar surface area (TPSA) is 9.23 Å². The van der Waals surface area contributed by atoms with Crippen molar-refractivity contribution in [1.29, 1.82) is 0 Å². The van der Waals surface area contributed by atoms with Crippen LogP contribution in [0.25, 0.3) is 23.3 Å². The third-order valence-corrected chi connectivity index (χ3v) is 7.41. The molecule has 4 rings (SSSR count). The molecule has 0 aliphatic heterocycles. The molecular weight excluding hydrogens is 431 g/mol. The van der Waals surface area contributed by atoms with E-state index in [9.17, 15) is 0 Å². The first kappa shape index (κ1) is 25.2. The molecule has 0 unspecified atom stereocenters. The Morgan fingerprint density at radius 3 is 2.00 bits per heavy atom. The van der Waals surface area contributed by atoms with Gasteiger partial charge in [0.15, 0.2) is 0 Å². The number of hydrogen-bond donors (Lipinski definition) is 0. The van der Waals surface area contributed by atoms with Crippen molar-refractivity contribution in [2.75, 3.05) is 6.61 Å². The van der Waals surface area contributed by atoms with E-state index in [2.05, 4.69) is 61.5 Å². The summed E-state index contributed by atoms with van der Waals surface area (Å²) in [5, 5.41) is 0. The van der Waals surface area contributed by atoms with Crippen LogP contribution in [0, 0.1) is 11.7 Å². The van der Waals surface area contributed by atoms with Crippen LogP contribution in [0.15, 0.2) is 66.7 Å². The second kappa shape index (κ2) is 12.7. The Labute approximate surface area is 211 Å². The van der Waals surface area contributed by atoms with Crippen molar-refractivity contribution in [2.45, 2.75) is 71.1 Å². The Balaban J connectivity index is 1.35. The van der Waals surface area contributed by atoms with Gasteiger partial charge in [0.1, 0.15) is 11.6 Å². The molecule has 0 radical (unpaired) electrons. The van der Waals surface area contributed by atoms with E-state index in [4.69, 9.17) is 4.74 Å². The van der Waals surface area contributed by atoms with Gasteiger partial charge in [0.05, 0.1) is 6.61 Å².